The molecule has 0 fully saturated rings. The summed E-state index contributed by atoms with van der Waals surface area (Å²) in [6.45, 7) is 0. The molecule has 4 nitrogen and oxygen atoms in total. The summed E-state index contributed by atoms with van der Waals surface area (Å²) >= 11 is 3.51. The molecule has 0 aliphatic heterocycles. The number of halogens is 1. The molecular formula is C9H5IN4S. The fourth-order valence-corrected chi connectivity index (χ4v) is 2.70. The third-order valence-corrected chi connectivity index (χ3v) is 3.62. The highest BCUT2D eigenvalue weighted by molar-refractivity contribution is 14.1. The third-order valence-electron chi connectivity index (χ3n) is 2.06. The Hall–Kier alpha value is -1.02. The molecule has 3 rings (SSSR count). The van der Waals surface area contributed by atoms with Crippen LogP contribution in [0.2, 0.25) is 0 Å². The molecule has 74 valence electrons. The van der Waals surface area contributed by atoms with Crippen molar-refractivity contribution in [3.8, 4) is 10.6 Å². The molecule has 0 unspecified atom stereocenters. The molecule has 0 N–H and O–H groups in total. The van der Waals surface area contributed by atoms with E-state index in [-0.39, 0.29) is 0 Å². The van der Waals surface area contributed by atoms with Gasteiger partial charge in [-0.2, -0.15) is 9.47 Å². The molecule has 3 heterocycles. The van der Waals surface area contributed by atoms with E-state index >= 15 is 0 Å². The van der Waals surface area contributed by atoms with E-state index < -0.39 is 0 Å². The first-order chi connectivity index (χ1) is 7.34. The quantitative estimate of drug-likeness (QED) is 0.645. The van der Waals surface area contributed by atoms with Gasteiger partial charge in [-0.1, -0.05) is 6.07 Å². The van der Waals surface area contributed by atoms with E-state index in [1.54, 1.807) is 0 Å². The van der Waals surface area contributed by atoms with E-state index in [2.05, 4.69) is 37.0 Å². The van der Waals surface area contributed by atoms with Gasteiger partial charge in [-0.3, -0.25) is 0 Å². The Bertz CT molecular complexity index is 615. The van der Waals surface area contributed by atoms with Crippen LogP contribution in [0.3, 0.4) is 0 Å². The first-order valence-electron chi connectivity index (χ1n) is 4.26. The van der Waals surface area contributed by atoms with Gasteiger partial charge in [0.05, 0.1) is 17.3 Å². The zero-order valence-electron chi connectivity index (χ0n) is 7.46. The number of rotatable bonds is 1. The zero-order chi connectivity index (χ0) is 10.3. The predicted octanol–water partition coefficient (Wildman–Crippen LogP) is 2.46. The Morgan fingerprint density at radius 2 is 2.27 bits per heavy atom. The molecule has 3 aromatic rings. The van der Waals surface area contributed by atoms with Crippen LogP contribution < -0.4 is 0 Å². The summed E-state index contributed by atoms with van der Waals surface area (Å²) in [6.07, 6.45) is 3.75. The summed E-state index contributed by atoms with van der Waals surface area (Å²) in [5.41, 5.74) is 2.10. The topological polar surface area (TPSA) is 43.1 Å². The van der Waals surface area contributed by atoms with Crippen LogP contribution in [0.1, 0.15) is 0 Å². The number of aromatic nitrogens is 4. The van der Waals surface area contributed by atoms with Crippen LogP contribution in [0.25, 0.3) is 16.1 Å². The summed E-state index contributed by atoms with van der Waals surface area (Å²) in [4.78, 5) is 4.34. The van der Waals surface area contributed by atoms with E-state index in [0.29, 0.717) is 0 Å². The minimum absolute atomic E-state index is 0.780. The van der Waals surface area contributed by atoms with E-state index in [1.807, 2.05) is 35.1 Å². The minimum Gasteiger partial charge on any atom is -0.240 e. The van der Waals surface area contributed by atoms with E-state index in [0.717, 1.165) is 19.9 Å². The van der Waals surface area contributed by atoms with Crippen molar-refractivity contribution in [3.63, 3.8) is 0 Å². The molecule has 0 aromatic carbocycles. The molecule has 0 bridgehead atoms. The molecule has 0 atom stereocenters. The van der Waals surface area contributed by atoms with Gasteiger partial charge in [-0.25, -0.2) is 9.50 Å². The van der Waals surface area contributed by atoms with Crippen molar-refractivity contribution in [3.05, 3.63) is 34.4 Å². The first-order valence-corrected chi connectivity index (χ1v) is 6.12. The molecule has 3 aromatic heterocycles. The van der Waals surface area contributed by atoms with Gasteiger partial charge in [0, 0.05) is 28.8 Å². The van der Waals surface area contributed by atoms with Crippen molar-refractivity contribution < 1.29 is 0 Å². The second-order valence-corrected chi connectivity index (χ2v) is 4.67. The van der Waals surface area contributed by atoms with Crippen molar-refractivity contribution in [1.82, 2.24) is 19.0 Å². The fourth-order valence-electron chi connectivity index (χ4n) is 1.41. The number of pyridine rings is 1. The van der Waals surface area contributed by atoms with Crippen molar-refractivity contribution in [2.45, 2.75) is 0 Å². The molecule has 0 aliphatic carbocycles. The predicted molar refractivity (Wildman–Crippen MR) is 66.8 cm³/mol. The van der Waals surface area contributed by atoms with Gasteiger partial charge in [0.1, 0.15) is 5.01 Å². The lowest BCUT2D eigenvalue weighted by Gasteiger charge is -1.92. The van der Waals surface area contributed by atoms with Gasteiger partial charge in [0.25, 0.3) is 0 Å². The van der Waals surface area contributed by atoms with Gasteiger partial charge in [-0.15, -0.1) is 0 Å². The van der Waals surface area contributed by atoms with Gasteiger partial charge in [-0.05, 0) is 23.7 Å². The highest BCUT2D eigenvalue weighted by Gasteiger charge is 2.10. The normalized spacial score (nSPS) is 11.0. The van der Waals surface area contributed by atoms with E-state index in [9.17, 15) is 0 Å². The lowest BCUT2D eigenvalue weighted by Crippen LogP contribution is -1.83. The Labute approximate surface area is 103 Å². The second-order valence-electron chi connectivity index (χ2n) is 2.96. The Morgan fingerprint density at radius 3 is 3.07 bits per heavy atom. The molecule has 0 amide bonds. The largest absolute Gasteiger partial charge is 0.240 e. The molecule has 0 saturated carbocycles. The van der Waals surface area contributed by atoms with Crippen LogP contribution in [0.5, 0.6) is 0 Å². The average molecular weight is 328 g/mol. The molecule has 0 saturated heterocycles. The summed E-state index contributed by atoms with van der Waals surface area (Å²) < 4.78 is 6.78. The van der Waals surface area contributed by atoms with Gasteiger partial charge >= 0.3 is 0 Å². The Kier molecular flexibility index (Phi) is 2.17. The lowest BCUT2D eigenvalue weighted by molar-refractivity contribution is 0.961. The van der Waals surface area contributed by atoms with Crippen molar-refractivity contribution in [2.75, 3.05) is 0 Å². The van der Waals surface area contributed by atoms with E-state index in [4.69, 9.17) is 0 Å². The average Bonchev–Trinajstić information content (AvgIpc) is 2.83. The monoisotopic (exact) mass is 328 g/mol. The number of fused-ring (bicyclic) bond motifs is 1. The minimum atomic E-state index is 0.780. The van der Waals surface area contributed by atoms with Gasteiger partial charge < -0.3 is 0 Å². The molecule has 15 heavy (non-hydrogen) atoms. The Balaban J connectivity index is 2.27. The first kappa shape index (κ1) is 9.22. The fraction of sp³-hybridized carbons (Fsp3) is 0. The molecule has 6 heteroatoms. The standard InChI is InChI=1S/C9H5IN4S/c10-9-12-8(15-13-9)6-5-11-14-4-2-1-3-7(6)14/h1-5H. The maximum atomic E-state index is 4.34. The van der Waals surface area contributed by atoms with Crippen molar-refractivity contribution in [1.29, 1.82) is 0 Å². The van der Waals surface area contributed by atoms with Crippen LogP contribution in [0.15, 0.2) is 30.6 Å². The maximum Gasteiger partial charge on any atom is 0.203 e. The molecule has 0 aliphatic rings. The number of hydrogen-bond acceptors (Lipinski definition) is 4. The van der Waals surface area contributed by atoms with Crippen LogP contribution in [-0.2, 0) is 0 Å². The maximum absolute atomic E-state index is 4.34. The van der Waals surface area contributed by atoms with Gasteiger partial charge in [0.15, 0.2) is 0 Å². The highest BCUT2D eigenvalue weighted by atomic mass is 127. The molecule has 0 radical (unpaired) electrons. The van der Waals surface area contributed by atoms with E-state index in [1.165, 1.54) is 11.5 Å². The van der Waals surface area contributed by atoms with Crippen molar-refractivity contribution >= 4 is 39.6 Å². The van der Waals surface area contributed by atoms with Crippen LogP contribution in [0.4, 0.5) is 0 Å². The SMILES string of the molecule is Ic1nsc(-c2cnn3ccccc23)n1. The second kappa shape index (κ2) is 3.53. The smallest absolute Gasteiger partial charge is 0.203 e. The Morgan fingerprint density at radius 1 is 1.33 bits per heavy atom. The summed E-state index contributed by atoms with van der Waals surface area (Å²) in [7, 11) is 0. The molecular weight excluding hydrogens is 323 g/mol. The van der Waals surface area contributed by atoms with Crippen molar-refractivity contribution in [2.24, 2.45) is 0 Å². The van der Waals surface area contributed by atoms with Crippen LogP contribution in [-0.4, -0.2) is 19.0 Å². The summed E-state index contributed by atoms with van der Waals surface area (Å²) in [6, 6.07) is 5.97. The van der Waals surface area contributed by atoms with Gasteiger partial charge in [0.2, 0.25) is 3.83 Å². The summed E-state index contributed by atoms with van der Waals surface area (Å²) in [5, 5.41) is 5.17. The van der Waals surface area contributed by atoms with Crippen LogP contribution in [0, 0.1) is 3.83 Å². The molecule has 0 spiro atoms. The number of hydrogen-bond donors (Lipinski definition) is 0. The lowest BCUT2D eigenvalue weighted by atomic mass is 10.3. The number of nitrogens with zero attached hydrogens (tertiary/aromatic N) is 4. The summed E-state index contributed by atoms with van der Waals surface area (Å²) in [5.74, 6) is 0. The van der Waals surface area contributed by atoms with Crippen LogP contribution >= 0.6 is 34.1 Å². The third kappa shape index (κ3) is 1.53. The zero-order valence-corrected chi connectivity index (χ0v) is 10.4. The highest BCUT2D eigenvalue weighted by Crippen LogP contribution is 2.25.